The van der Waals surface area contributed by atoms with Crippen molar-refractivity contribution in [2.45, 2.75) is 25.9 Å². The molecule has 1 unspecified atom stereocenters. The molecular formula is C16H17FO. The Morgan fingerprint density at radius 2 is 1.78 bits per heavy atom. The van der Waals surface area contributed by atoms with Gasteiger partial charge in [0.2, 0.25) is 0 Å². The third-order valence-corrected chi connectivity index (χ3v) is 3.06. The summed E-state index contributed by atoms with van der Waals surface area (Å²) in [5, 5.41) is 10.2. The van der Waals surface area contributed by atoms with Crippen molar-refractivity contribution in [1.29, 1.82) is 0 Å². The van der Waals surface area contributed by atoms with Crippen molar-refractivity contribution in [3.8, 4) is 0 Å². The van der Waals surface area contributed by atoms with Crippen LogP contribution in [0.15, 0.2) is 48.5 Å². The Labute approximate surface area is 107 Å². The van der Waals surface area contributed by atoms with Crippen LogP contribution >= 0.6 is 0 Å². The lowest BCUT2D eigenvalue weighted by Crippen LogP contribution is -2.02. The van der Waals surface area contributed by atoms with Gasteiger partial charge in [-0.1, -0.05) is 43.3 Å². The van der Waals surface area contributed by atoms with Gasteiger partial charge in [0.1, 0.15) is 5.82 Å². The van der Waals surface area contributed by atoms with Crippen LogP contribution in [0.4, 0.5) is 4.39 Å². The number of hydrogen-bond acceptors (Lipinski definition) is 1. The van der Waals surface area contributed by atoms with Crippen LogP contribution < -0.4 is 0 Å². The van der Waals surface area contributed by atoms with E-state index in [-0.39, 0.29) is 5.82 Å². The van der Waals surface area contributed by atoms with Gasteiger partial charge < -0.3 is 5.11 Å². The molecule has 0 fully saturated rings. The van der Waals surface area contributed by atoms with Crippen molar-refractivity contribution in [3.05, 3.63) is 71.0 Å². The van der Waals surface area contributed by atoms with Gasteiger partial charge >= 0.3 is 0 Å². The Kier molecular flexibility index (Phi) is 4.11. The normalized spacial score (nSPS) is 12.4. The first-order valence-electron chi connectivity index (χ1n) is 6.20. The highest BCUT2D eigenvalue weighted by Crippen LogP contribution is 2.20. The molecule has 2 aromatic rings. The second kappa shape index (κ2) is 5.78. The number of aryl methyl sites for hydroxylation is 1. The molecule has 0 saturated heterocycles. The van der Waals surface area contributed by atoms with E-state index in [1.807, 2.05) is 30.3 Å². The molecule has 1 nitrogen and oxygen atoms in total. The molecule has 0 saturated carbocycles. The van der Waals surface area contributed by atoms with Gasteiger partial charge in [-0.2, -0.15) is 0 Å². The van der Waals surface area contributed by atoms with Crippen molar-refractivity contribution in [2.75, 3.05) is 0 Å². The van der Waals surface area contributed by atoms with E-state index in [0.717, 1.165) is 17.5 Å². The van der Waals surface area contributed by atoms with Gasteiger partial charge in [-0.3, -0.25) is 0 Å². The van der Waals surface area contributed by atoms with E-state index in [4.69, 9.17) is 0 Å². The molecule has 1 atom stereocenters. The molecular weight excluding hydrogens is 227 g/mol. The predicted octanol–water partition coefficient (Wildman–Crippen LogP) is 3.66. The van der Waals surface area contributed by atoms with Crippen molar-refractivity contribution in [2.24, 2.45) is 0 Å². The Morgan fingerprint density at radius 1 is 1.06 bits per heavy atom. The van der Waals surface area contributed by atoms with E-state index in [1.165, 1.54) is 17.7 Å². The minimum absolute atomic E-state index is 0.262. The zero-order valence-corrected chi connectivity index (χ0v) is 10.4. The molecule has 0 aliphatic heterocycles. The van der Waals surface area contributed by atoms with Crippen LogP contribution in [0.1, 0.15) is 29.7 Å². The van der Waals surface area contributed by atoms with E-state index >= 15 is 0 Å². The molecule has 94 valence electrons. The standard InChI is InChI=1S/C16H17FO/c1-2-12-5-3-7-14(9-12)16(18)11-13-6-4-8-15(17)10-13/h3-10,16,18H,2,11H2,1H3. The third-order valence-electron chi connectivity index (χ3n) is 3.06. The Morgan fingerprint density at radius 3 is 2.50 bits per heavy atom. The molecule has 0 amide bonds. The summed E-state index contributed by atoms with van der Waals surface area (Å²) < 4.78 is 13.1. The molecule has 18 heavy (non-hydrogen) atoms. The SMILES string of the molecule is CCc1cccc(C(O)Cc2cccc(F)c2)c1. The topological polar surface area (TPSA) is 20.2 Å². The van der Waals surface area contributed by atoms with Gasteiger partial charge in [-0.15, -0.1) is 0 Å². The molecule has 0 aliphatic rings. The van der Waals surface area contributed by atoms with Crippen LogP contribution in [0.25, 0.3) is 0 Å². The van der Waals surface area contributed by atoms with Crippen LogP contribution in [0.2, 0.25) is 0 Å². The number of halogens is 1. The van der Waals surface area contributed by atoms with Gasteiger partial charge in [0.15, 0.2) is 0 Å². The Hall–Kier alpha value is -1.67. The van der Waals surface area contributed by atoms with Crippen molar-refractivity contribution in [1.82, 2.24) is 0 Å². The van der Waals surface area contributed by atoms with Crippen LogP contribution in [0.3, 0.4) is 0 Å². The molecule has 0 aromatic heterocycles. The van der Waals surface area contributed by atoms with Gasteiger partial charge in [0, 0.05) is 6.42 Å². The molecule has 2 heteroatoms. The first-order chi connectivity index (χ1) is 8.69. The summed E-state index contributed by atoms with van der Waals surface area (Å²) in [7, 11) is 0. The lowest BCUT2D eigenvalue weighted by Gasteiger charge is -2.12. The van der Waals surface area contributed by atoms with E-state index in [1.54, 1.807) is 6.07 Å². The first kappa shape index (κ1) is 12.8. The minimum Gasteiger partial charge on any atom is -0.388 e. The molecule has 2 rings (SSSR count). The summed E-state index contributed by atoms with van der Waals surface area (Å²) in [6, 6.07) is 14.3. The average Bonchev–Trinajstić information content (AvgIpc) is 2.39. The van der Waals surface area contributed by atoms with Crippen LogP contribution in [0, 0.1) is 5.82 Å². The number of aliphatic hydroxyl groups excluding tert-OH is 1. The number of rotatable bonds is 4. The summed E-state index contributed by atoms with van der Waals surface area (Å²) in [4.78, 5) is 0. The maximum absolute atomic E-state index is 13.1. The van der Waals surface area contributed by atoms with Crippen molar-refractivity contribution < 1.29 is 9.50 Å². The maximum Gasteiger partial charge on any atom is 0.123 e. The maximum atomic E-state index is 13.1. The van der Waals surface area contributed by atoms with Crippen molar-refractivity contribution >= 4 is 0 Å². The molecule has 0 aliphatic carbocycles. The summed E-state index contributed by atoms with van der Waals surface area (Å²) in [5.74, 6) is -0.262. The second-order valence-electron chi connectivity index (χ2n) is 4.45. The first-order valence-corrected chi connectivity index (χ1v) is 6.20. The fraction of sp³-hybridized carbons (Fsp3) is 0.250. The summed E-state index contributed by atoms with van der Waals surface area (Å²) in [6.07, 6.45) is 0.796. The van der Waals surface area contributed by atoms with Crippen LogP contribution in [-0.4, -0.2) is 5.11 Å². The lowest BCUT2D eigenvalue weighted by molar-refractivity contribution is 0.178. The molecule has 0 spiro atoms. The molecule has 2 aromatic carbocycles. The fourth-order valence-electron chi connectivity index (χ4n) is 2.03. The average molecular weight is 244 g/mol. The highest BCUT2D eigenvalue weighted by molar-refractivity contribution is 5.27. The summed E-state index contributed by atoms with van der Waals surface area (Å²) in [5.41, 5.74) is 2.90. The molecule has 1 N–H and O–H groups in total. The summed E-state index contributed by atoms with van der Waals surface area (Å²) >= 11 is 0. The van der Waals surface area contributed by atoms with Gasteiger partial charge in [0.05, 0.1) is 6.10 Å². The highest BCUT2D eigenvalue weighted by Gasteiger charge is 2.09. The van der Waals surface area contributed by atoms with E-state index in [9.17, 15) is 9.50 Å². The van der Waals surface area contributed by atoms with Gasteiger partial charge in [-0.25, -0.2) is 4.39 Å². The monoisotopic (exact) mass is 244 g/mol. The summed E-state index contributed by atoms with van der Waals surface area (Å²) in [6.45, 7) is 2.08. The predicted molar refractivity (Wildman–Crippen MR) is 70.9 cm³/mol. The largest absolute Gasteiger partial charge is 0.388 e. The molecule has 0 radical (unpaired) electrons. The zero-order valence-electron chi connectivity index (χ0n) is 10.4. The quantitative estimate of drug-likeness (QED) is 0.870. The second-order valence-corrected chi connectivity index (χ2v) is 4.45. The molecule has 0 bridgehead atoms. The lowest BCUT2D eigenvalue weighted by atomic mass is 9.99. The van der Waals surface area contributed by atoms with E-state index in [0.29, 0.717) is 6.42 Å². The molecule has 0 heterocycles. The van der Waals surface area contributed by atoms with E-state index in [2.05, 4.69) is 6.92 Å². The third kappa shape index (κ3) is 3.17. The number of hydrogen-bond donors (Lipinski definition) is 1. The fourth-order valence-corrected chi connectivity index (χ4v) is 2.03. The zero-order chi connectivity index (χ0) is 13.0. The minimum atomic E-state index is -0.585. The number of aliphatic hydroxyl groups is 1. The van der Waals surface area contributed by atoms with Gasteiger partial charge in [0.25, 0.3) is 0 Å². The Bertz CT molecular complexity index is 522. The highest BCUT2D eigenvalue weighted by atomic mass is 19.1. The van der Waals surface area contributed by atoms with Crippen molar-refractivity contribution in [3.63, 3.8) is 0 Å². The smallest absolute Gasteiger partial charge is 0.123 e. The van der Waals surface area contributed by atoms with Gasteiger partial charge in [-0.05, 0) is 35.2 Å². The number of benzene rings is 2. The Balaban J connectivity index is 2.13. The van der Waals surface area contributed by atoms with Crippen LogP contribution in [-0.2, 0) is 12.8 Å². The van der Waals surface area contributed by atoms with Crippen LogP contribution in [0.5, 0.6) is 0 Å². The van der Waals surface area contributed by atoms with E-state index < -0.39 is 6.10 Å².